The SMILES string of the molecule is O=S(=O)(CCc1ccccc1)NCC1(CBr)CCCCC1. The minimum atomic E-state index is -3.20. The largest absolute Gasteiger partial charge is 0.215 e. The van der Waals surface area contributed by atoms with Gasteiger partial charge >= 0.3 is 0 Å². The summed E-state index contributed by atoms with van der Waals surface area (Å²) in [5.41, 5.74) is 1.17. The summed E-state index contributed by atoms with van der Waals surface area (Å²) in [6, 6.07) is 9.76. The Morgan fingerprint density at radius 2 is 1.76 bits per heavy atom. The van der Waals surface area contributed by atoms with Crippen molar-refractivity contribution in [3.05, 3.63) is 35.9 Å². The summed E-state index contributed by atoms with van der Waals surface area (Å²) in [6.45, 7) is 0.565. The first-order chi connectivity index (χ1) is 10.1. The first kappa shape index (κ1) is 17.0. The molecule has 118 valence electrons. The van der Waals surface area contributed by atoms with Crippen LogP contribution in [-0.4, -0.2) is 26.0 Å². The fraction of sp³-hybridized carbons (Fsp3) is 0.625. The highest BCUT2D eigenvalue weighted by Gasteiger charge is 2.32. The second-order valence-corrected chi connectivity index (χ2v) is 8.56. The summed E-state index contributed by atoms with van der Waals surface area (Å²) >= 11 is 3.58. The first-order valence-corrected chi connectivity index (χ1v) is 10.4. The number of aryl methyl sites for hydroxylation is 1. The van der Waals surface area contributed by atoms with Gasteiger partial charge in [-0.05, 0) is 30.2 Å². The summed E-state index contributed by atoms with van der Waals surface area (Å²) in [5.74, 6) is 0.162. The molecule has 0 radical (unpaired) electrons. The highest BCUT2D eigenvalue weighted by molar-refractivity contribution is 9.09. The van der Waals surface area contributed by atoms with Crippen LogP contribution in [-0.2, 0) is 16.4 Å². The highest BCUT2D eigenvalue weighted by Crippen LogP contribution is 2.37. The van der Waals surface area contributed by atoms with Crippen LogP contribution in [0.15, 0.2) is 30.3 Å². The molecule has 2 rings (SSSR count). The van der Waals surface area contributed by atoms with Crippen molar-refractivity contribution in [1.29, 1.82) is 0 Å². The van der Waals surface area contributed by atoms with Crippen molar-refractivity contribution >= 4 is 26.0 Å². The van der Waals surface area contributed by atoms with Crippen molar-refractivity contribution in [2.75, 3.05) is 17.6 Å². The zero-order valence-electron chi connectivity index (χ0n) is 12.4. The zero-order valence-corrected chi connectivity index (χ0v) is 14.8. The van der Waals surface area contributed by atoms with Gasteiger partial charge < -0.3 is 0 Å². The number of hydrogen-bond donors (Lipinski definition) is 1. The number of nitrogens with one attached hydrogen (secondary N) is 1. The molecule has 3 nitrogen and oxygen atoms in total. The molecule has 0 aliphatic heterocycles. The molecule has 0 bridgehead atoms. The van der Waals surface area contributed by atoms with Gasteiger partial charge in [0.25, 0.3) is 0 Å². The van der Waals surface area contributed by atoms with E-state index in [4.69, 9.17) is 0 Å². The molecular weight excluding hydrogens is 350 g/mol. The molecule has 0 heterocycles. The fourth-order valence-electron chi connectivity index (χ4n) is 2.89. The second-order valence-electron chi connectivity index (χ2n) is 6.07. The Morgan fingerprint density at radius 1 is 1.10 bits per heavy atom. The van der Waals surface area contributed by atoms with E-state index < -0.39 is 10.0 Å². The maximum absolute atomic E-state index is 12.2. The van der Waals surface area contributed by atoms with Crippen molar-refractivity contribution in [1.82, 2.24) is 4.72 Å². The van der Waals surface area contributed by atoms with Crippen LogP contribution in [0.2, 0.25) is 0 Å². The third-order valence-electron chi connectivity index (χ3n) is 4.37. The van der Waals surface area contributed by atoms with Gasteiger partial charge in [0.2, 0.25) is 10.0 Å². The minimum Gasteiger partial charge on any atom is -0.215 e. The molecule has 0 unspecified atom stereocenters. The average Bonchev–Trinajstić information content (AvgIpc) is 2.53. The predicted octanol–water partition coefficient (Wildman–Crippen LogP) is 3.49. The molecule has 0 atom stereocenters. The molecule has 21 heavy (non-hydrogen) atoms. The van der Waals surface area contributed by atoms with Gasteiger partial charge in [0, 0.05) is 11.9 Å². The Morgan fingerprint density at radius 3 is 2.38 bits per heavy atom. The van der Waals surface area contributed by atoms with Crippen LogP contribution in [0.1, 0.15) is 37.7 Å². The summed E-state index contributed by atoms with van der Waals surface area (Å²) in [5, 5.41) is 0.876. The van der Waals surface area contributed by atoms with Gasteiger partial charge in [0.05, 0.1) is 5.75 Å². The number of sulfonamides is 1. The number of halogens is 1. The van der Waals surface area contributed by atoms with Crippen molar-refractivity contribution in [2.24, 2.45) is 5.41 Å². The maximum atomic E-state index is 12.2. The van der Waals surface area contributed by atoms with Gasteiger partial charge in [-0.25, -0.2) is 13.1 Å². The van der Waals surface area contributed by atoms with Crippen molar-refractivity contribution in [2.45, 2.75) is 38.5 Å². The summed E-state index contributed by atoms with van der Waals surface area (Å²) in [7, 11) is -3.20. The fourth-order valence-corrected chi connectivity index (χ4v) is 4.83. The number of alkyl halides is 1. The minimum absolute atomic E-state index is 0.109. The first-order valence-electron chi connectivity index (χ1n) is 7.63. The molecule has 0 aromatic heterocycles. The molecule has 1 aromatic carbocycles. The molecule has 5 heteroatoms. The lowest BCUT2D eigenvalue weighted by Gasteiger charge is -2.35. The Bertz CT molecular complexity index is 524. The topological polar surface area (TPSA) is 46.2 Å². The third kappa shape index (κ3) is 5.38. The quantitative estimate of drug-likeness (QED) is 0.743. The van der Waals surface area contributed by atoms with Crippen molar-refractivity contribution in [3.8, 4) is 0 Å². The van der Waals surface area contributed by atoms with Crippen molar-refractivity contribution < 1.29 is 8.42 Å². The van der Waals surface area contributed by atoms with E-state index in [9.17, 15) is 8.42 Å². The number of benzene rings is 1. The Hall–Kier alpha value is -0.390. The van der Waals surface area contributed by atoms with Gasteiger partial charge in [-0.1, -0.05) is 65.5 Å². The van der Waals surface area contributed by atoms with Crippen LogP contribution >= 0.6 is 15.9 Å². The molecule has 1 aliphatic carbocycles. The number of rotatable bonds is 7. The zero-order chi connectivity index (χ0) is 15.2. The van der Waals surface area contributed by atoms with Crippen LogP contribution in [0.25, 0.3) is 0 Å². The molecule has 0 saturated heterocycles. The van der Waals surface area contributed by atoms with Crippen LogP contribution in [0.4, 0.5) is 0 Å². The smallest absolute Gasteiger partial charge is 0.211 e. The van der Waals surface area contributed by atoms with E-state index >= 15 is 0 Å². The molecular formula is C16H24BrNO2S. The van der Waals surface area contributed by atoms with Gasteiger partial charge in [0.15, 0.2) is 0 Å². The normalized spacial score (nSPS) is 18.5. The van der Waals surface area contributed by atoms with E-state index in [0.717, 1.165) is 23.7 Å². The van der Waals surface area contributed by atoms with Crippen molar-refractivity contribution in [3.63, 3.8) is 0 Å². The van der Waals surface area contributed by atoms with E-state index in [-0.39, 0.29) is 11.2 Å². The standard InChI is InChI=1S/C16H24BrNO2S/c17-13-16(10-5-2-6-11-16)14-18-21(19,20)12-9-15-7-3-1-4-8-15/h1,3-4,7-8,18H,2,5-6,9-14H2. The summed E-state index contributed by atoms with van der Waals surface area (Å²) < 4.78 is 27.2. The van der Waals surface area contributed by atoms with Crippen LogP contribution in [0.5, 0.6) is 0 Å². The molecule has 1 saturated carbocycles. The van der Waals surface area contributed by atoms with Gasteiger partial charge in [-0.15, -0.1) is 0 Å². The lowest BCUT2D eigenvalue weighted by Crippen LogP contribution is -2.41. The van der Waals surface area contributed by atoms with E-state index in [1.165, 1.54) is 19.3 Å². The predicted molar refractivity (Wildman–Crippen MR) is 91.2 cm³/mol. The summed E-state index contributed by atoms with van der Waals surface area (Å²) in [6.07, 6.45) is 6.47. The number of hydrogen-bond acceptors (Lipinski definition) is 2. The van der Waals surface area contributed by atoms with E-state index in [2.05, 4.69) is 20.7 Å². The van der Waals surface area contributed by atoms with Crippen LogP contribution in [0.3, 0.4) is 0 Å². The monoisotopic (exact) mass is 373 g/mol. The van der Waals surface area contributed by atoms with E-state index in [0.29, 0.717) is 13.0 Å². The van der Waals surface area contributed by atoms with E-state index in [1.54, 1.807) is 0 Å². The molecule has 1 aliphatic rings. The highest BCUT2D eigenvalue weighted by atomic mass is 79.9. The molecule has 0 amide bonds. The molecule has 1 N–H and O–H groups in total. The van der Waals surface area contributed by atoms with Gasteiger partial charge in [-0.2, -0.15) is 0 Å². The Labute approximate surface area is 136 Å². The Kier molecular flexibility index (Phi) is 6.26. The maximum Gasteiger partial charge on any atom is 0.211 e. The molecule has 1 aromatic rings. The van der Waals surface area contributed by atoms with E-state index in [1.807, 2.05) is 30.3 Å². The average molecular weight is 374 g/mol. The van der Waals surface area contributed by atoms with Crippen LogP contribution in [0, 0.1) is 5.41 Å². The second kappa shape index (κ2) is 7.75. The molecule has 1 fully saturated rings. The lowest BCUT2D eigenvalue weighted by molar-refractivity contribution is 0.227. The van der Waals surface area contributed by atoms with Crippen LogP contribution < -0.4 is 4.72 Å². The molecule has 0 spiro atoms. The third-order valence-corrected chi connectivity index (χ3v) is 6.88. The van der Waals surface area contributed by atoms with Gasteiger partial charge in [-0.3, -0.25) is 0 Å². The Balaban J connectivity index is 1.85. The van der Waals surface area contributed by atoms with Gasteiger partial charge in [0.1, 0.15) is 0 Å². The summed E-state index contributed by atoms with van der Waals surface area (Å²) in [4.78, 5) is 0. The lowest BCUT2D eigenvalue weighted by atomic mass is 9.76.